The first-order chi connectivity index (χ1) is 8.00. The van der Waals surface area contributed by atoms with Crippen LogP contribution in [-0.2, 0) is 6.54 Å². The van der Waals surface area contributed by atoms with Crippen molar-refractivity contribution in [2.45, 2.75) is 20.4 Å². The topological polar surface area (TPSA) is 52.2 Å². The molecule has 0 radical (unpaired) electrons. The van der Waals surface area contributed by atoms with E-state index in [-0.39, 0.29) is 16.8 Å². The van der Waals surface area contributed by atoms with Crippen molar-refractivity contribution in [2.24, 2.45) is 5.92 Å². The number of hydrogen-bond acceptors (Lipinski definition) is 3. The molecule has 0 saturated heterocycles. The van der Waals surface area contributed by atoms with Crippen LogP contribution in [0.3, 0.4) is 0 Å². The van der Waals surface area contributed by atoms with Gasteiger partial charge in [0.2, 0.25) is 0 Å². The summed E-state index contributed by atoms with van der Waals surface area (Å²) in [5, 5.41) is -0.173. The molecule has 1 aromatic carbocycles. The molecule has 4 nitrogen and oxygen atoms in total. The molecule has 0 spiro atoms. The van der Waals surface area contributed by atoms with Crippen molar-refractivity contribution >= 4 is 10.9 Å². The summed E-state index contributed by atoms with van der Waals surface area (Å²) in [6, 6.07) is 4.18. The lowest BCUT2D eigenvalue weighted by Gasteiger charge is -2.10. The van der Waals surface area contributed by atoms with Gasteiger partial charge in [0, 0.05) is 6.54 Å². The van der Waals surface area contributed by atoms with Gasteiger partial charge in [-0.25, -0.2) is 14.0 Å². The van der Waals surface area contributed by atoms with Gasteiger partial charge in [-0.05, 0) is 18.1 Å². The van der Waals surface area contributed by atoms with Crippen molar-refractivity contribution in [1.82, 2.24) is 4.57 Å². The van der Waals surface area contributed by atoms with Crippen LogP contribution < -0.4 is 11.4 Å². The molecule has 0 aliphatic heterocycles. The van der Waals surface area contributed by atoms with Crippen molar-refractivity contribution in [1.29, 1.82) is 0 Å². The van der Waals surface area contributed by atoms with E-state index >= 15 is 0 Å². The lowest BCUT2D eigenvalue weighted by Crippen LogP contribution is -2.27. The van der Waals surface area contributed by atoms with Crippen LogP contribution in [0, 0.1) is 11.7 Å². The van der Waals surface area contributed by atoms with Crippen molar-refractivity contribution in [2.75, 3.05) is 0 Å². The van der Waals surface area contributed by atoms with Crippen molar-refractivity contribution in [3.8, 4) is 0 Å². The van der Waals surface area contributed by atoms with Crippen molar-refractivity contribution < 1.29 is 8.81 Å². The second kappa shape index (κ2) is 4.16. The van der Waals surface area contributed by atoms with Crippen LogP contribution in [0.15, 0.2) is 32.2 Å². The third kappa shape index (κ3) is 2.00. The summed E-state index contributed by atoms with van der Waals surface area (Å²) in [6.07, 6.45) is 0. The van der Waals surface area contributed by atoms with Crippen LogP contribution in [0.5, 0.6) is 0 Å². The first-order valence-corrected chi connectivity index (χ1v) is 5.33. The predicted molar refractivity (Wildman–Crippen MR) is 61.5 cm³/mol. The summed E-state index contributed by atoms with van der Waals surface area (Å²) >= 11 is 0. The first-order valence-electron chi connectivity index (χ1n) is 5.33. The Labute approximate surface area is 96.3 Å². The minimum absolute atomic E-state index is 0.173. The normalized spacial score (nSPS) is 11.3. The van der Waals surface area contributed by atoms with Gasteiger partial charge in [0.1, 0.15) is 11.2 Å². The number of rotatable bonds is 2. The molecule has 2 aromatic rings. The Morgan fingerprint density at radius 1 is 1.35 bits per heavy atom. The van der Waals surface area contributed by atoms with Crippen molar-refractivity contribution in [3.63, 3.8) is 0 Å². The summed E-state index contributed by atoms with van der Waals surface area (Å²) < 4.78 is 19.3. The molecule has 1 heterocycles. The fourth-order valence-electron chi connectivity index (χ4n) is 1.76. The lowest BCUT2D eigenvalue weighted by molar-refractivity contribution is 0.391. The predicted octanol–water partition coefficient (Wildman–Crippen LogP) is 1.75. The largest absolute Gasteiger partial charge is 0.422 e. The molecule has 0 aliphatic carbocycles. The quantitative estimate of drug-likeness (QED) is 0.799. The number of benzene rings is 1. The van der Waals surface area contributed by atoms with Gasteiger partial charge < -0.3 is 4.42 Å². The molecular formula is C12H12FNO3. The van der Waals surface area contributed by atoms with Crippen LogP contribution in [0.1, 0.15) is 13.8 Å². The van der Waals surface area contributed by atoms with Gasteiger partial charge in [0.25, 0.3) is 0 Å². The molecule has 1 aromatic heterocycles. The second-order valence-corrected chi connectivity index (χ2v) is 4.29. The summed E-state index contributed by atoms with van der Waals surface area (Å²) in [5.41, 5.74) is -0.650. The van der Waals surface area contributed by atoms with E-state index in [9.17, 15) is 14.0 Å². The van der Waals surface area contributed by atoms with Gasteiger partial charge >= 0.3 is 11.4 Å². The van der Waals surface area contributed by atoms with E-state index in [1.54, 1.807) is 6.07 Å². The van der Waals surface area contributed by atoms with E-state index in [4.69, 9.17) is 0 Å². The molecule has 0 N–H and O–H groups in total. The Kier molecular flexibility index (Phi) is 2.83. The Hall–Kier alpha value is -1.91. The maximum absolute atomic E-state index is 13.5. The van der Waals surface area contributed by atoms with Crippen LogP contribution in [-0.4, -0.2) is 4.57 Å². The fraction of sp³-hybridized carbons (Fsp3) is 0.333. The Morgan fingerprint density at radius 2 is 2.06 bits per heavy atom. The molecule has 2 rings (SSSR count). The number of fused-ring (bicyclic) bond motifs is 1. The smallest absolute Gasteiger partial charge is 0.372 e. The van der Waals surface area contributed by atoms with Gasteiger partial charge in [-0.3, -0.25) is 4.57 Å². The molecule has 17 heavy (non-hydrogen) atoms. The molecule has 0 amide bonds. The van der Waals surface area contributed by atoms with Gasteiger partial charge in [-0.15, -0.1) is 0 Å². The number of aromatic nitrogens is 1. The van der Waals surface area contributed by atoms with E-state index in [2.05, 4.69) is 4.42 Å². The number of hydrogen-bond donors (Lipinski definition) is 0. The highest BCUT2D eigenvalue weighted by atomic mass is 19.1. The van der Waals surface area contributed by atoms with E-state index in [1.807, 2.05) is 13.8 Å². The standard InChI is InChI=1S/C12H12FNO3/c1-7(2)6-14-9-5-3-4-8(13)10(9)11(15)17-12(14)16/h3-5,7H,6H2,1-2H3. The zero-order valence-corrected chi connectivity index (χ0v) is 9.57. The molecular weight excluding hydrogens is 225 g/mol. The van der Waals surface area contributed by atoms with E-state index in [0.717, 1.165) is 0 Å². The zero-order valence-electron chi connectivity index (χ0n) is 9.57. The third-order valence-corrected chi connectivity index (χ3v) is 2.43. The molecule has 0 aliphatic rings. The van der Waals surface area contributed by atoms with Crippen LogP contribution in [0.2, 0.25) is 0 Å². The van der Waals surface area contributed by atoms with Gasteiger partial charge in [-0.2, -0.15) is 0 Å². The Morgan fingerprint density at radius 3 is 2.71 bits per heavy atom. The van der Waals surface area contributed by atoms with Crippen LogP contribution in [0.4, 0.5) is 4.39 Å². The highest BCUT2D eigenvalue weighted by Gasteiger charge is 2.13. The maximum Gasteiger partial charge on any atom is 0.422 e. The summed E-state index contributed by atoms with van der Waals surface area (Å²) in [7, 11) is 0. The van der Waals surface area contributed by atoms with Gasteiger partial charge in [0.15, 0.2) is 0 Å². The minimum Gasteiger partial charge on any atom is -0.372 e. The van der Waals surface area contributed by atoms with Crippen molar-refractivity contribution in [3.05, 3.63) is 45.0 Å². The molecule has 0 atom stereocenters. The Bertz CT molecular complexity index is 669. The summed E-state index contributed by atoms with van der Waals surface area (Å²) in [4.78, 5) is 23.0. The third-order valence-electron chi connectivity index (χ3n) is 2.43. The lowest BCUT2D eigenvalue weighted by atomic mass is 10.2. The molecule has 90 valence electrons. The maximum atomic E-state index is 13.5. The molecule has 5 heteroatoms. The first kappa shape index (κ1) is 11.6. The SMILES string of the molecule is CC(C)Cn1c(=O)oc(=O)c2c(F)cccc21. The monoisotopic (exact) mass is 237 g/mol. The molecule has 0 fully saturated rings. The number of halogens is 1. The highest BCUT2D eigenvalue weighted by molar-refractivity contribution is 5.77. The zero-order chi connectivity index (χ0) is 12.6. The average Bonchev–Trinajstić information content (AvgIpc) is 2.23. The van der Waals surface area contributed by atoms with Gasteiger partial charge in [-0.1, -0.05) is 19.9 Å². The minimum atomic E-state index is -0.928. The summed E-state index contributed by atoms with van der Waals surface area (Å²) in [5.74, 6) is -1.23. The van der Waals surface area contributed by atoms with E-state index < -0.39 is 17.2 Å². The molecule has 0 saturated carbocycles. The highest BCUT2D eigenvalue weighted by Crippen LogP contribution is 2.13. The van der Waals surface area contributed by atoms with Gasteiger partial charge in [0.05, 0.1) is 5.52 Å². The second-order valence-electron chi connectivity index (χ2n) is 4.29. The number of nitrogens with zero attached hydrogens (tertiary/aromatic N) is 1. The van der Waals surface area contributed by atoms with Crippen LogP contribution >= 0.6 is 0 Å². The average molecular weight is 237 g/mol. The molecule has 0 unspecified atom stereocenters. The fourth-order valence-corrected chi connectivity index (χ4v) is 1.76. The molecule has 0 bridgehead atoms. The van der Waals surface area contributed by atoms with E-state index in [1.165, 1.54) is 16.7 Å². The summed E-state index contributed by atoms with van der Waals surface area (Å²) in [6.45, 7) is 4.22. The van der Waals surface area contributed by atoms with Crippen LogP contribution in [0.25, 0.3) is 10.9 Å². The Balaban J connectivity index is 2.89. The van der Waals surface area contributed by atoms with E-state index in [0.29, 0.717) is 6.54 Å².